The number of aromatic nitrogens is 4. The van der Waals surface area contributed by atoms with Crippen LogP contribution in [-0.4, -0.2) is 76.5 Å². The van der Waals surface area contributed by atoms with Crippen LogP contribution in [0.4, 0.5) is 5.95 Å². The van der Waals surface area contributed by atoms with Gasteiger partial charge in [-0.25, -0.2) is 4.98 Å². The fourth-order valence-corrected chi connectivity index (χ4v) is 5.44. The maximum Gasteiger partial charge on any atom is 0.259 e. The van der Waals surface area contributed by atoms with E-state index in [4.69, 9.17) is 10.7 Å². The maximum atomic E-state index is 13.4. The quantitative estimate of drug-likeness (QED) is 0.415. The van der Waals surface area contributed by atoms with Crippen LogP contribution in [0.5, 0.6) is 0 Å². The SMILES string of the molecule is CN1CC2CN(c3ncc4c(=O)c(C(=O)NCCN)c5[nH]c6ccccc6n5c4n3)CC2C1. The van der Waals surface area contributed by atoms with Crippen LogP contribution in [0.2, 0.25) is 0 Å². The number of pyridine rings is 1. The minimum atomic E-state index is -0.461. The second kappa shape index (κ2) is 7.53. The number of anilines is 1. The van der Waals surface area contributed by atoms with Crippen molar-refractivity contribution in [2.24, 2.45) is 17.6 Å². The van der Waals surface area contributed by atoms with Crippen molar-refractivity contribution in [1.82, 2.24) is 29.6 Å². The molecule has 0 radical (unpaired) electrons. The van der Waals surface area contributed by atoms with Gasteiger partial charge in [-0.05, 0) is 31.0 Å². The van der Waals surface area contributed by atoms with Crippen LogP contribution in [-0.2, 0) is 0 Å². The standard InChI is InChI=1S/C23H26N8O2/c1-29-9-13-11-30(12-14(13)10-29)23-26-8-15-19(32)18(22(33)25-7-6-24)21-27-16-4-2-3-5-17(16)31(21)20(15)28-23/h2-5,8,13-14,27H,6-7,9-12,24H2,1H3,(H,25,33). The highest BCUT2D eigenvalue weighted by molar-refractivity contribution is 6.05. The summed E-state index contributed by atoms with van der Waals surface area (Å²) in [5.41, 5.74) is 7.78. The number of nitrogens with zero attached hydrogens (tertiary/aromatic N) is 5. The molecule has 2 aliphatic rings. The third kappa shape index (κ3) is 3.09. The number of benzene rings is 1. The molecule has 0 saturated carbocycles. The third-order valence-electron chi connectivity index (χ3n) is 6.91. The second-order valence-corrected chi connectivity index (χ2v) is 9.13. The van der Waals surface area contributed by atoms with Gasteiger partial charge >= 0.3 is 0 Å². The Morgan fingerprint density at radius 3 is 2.73 bits per heavy atom. The first-order valence-corrected chi connectivity index (χ1v) is 11.3. The highest BCUT2D eigenvalue weighted by Gasteiger charge is 2.39. The number of H-pyrrole nitrogens is 1. The number of para-hydroxylation sites is 2. The van der Waals surface area contributed by atoms with Gasteiger partial charge in [-0.2, -0.15) is 4.98 Å². The van der Waals surface area contributed by atoms with Crippen molar-refractivity contribution in [2.45, 2.75) is 0 Å². The number of amides is 1. The van der Waals surface area contributed by atoms with Crippen LogP contribution in [0.1, 0.15) is 10.4 Å². The summed E-state index contributed by atoms with van der Waals surface area (Å²) in [7, 11) is 2.16. The molecule has 3 aromatic heterocycles. The van der Waals surface area contributed by atoms with Gasteiger partial charge in [0.2, 0.25) is 11.4 Å². The summed E-state index contributed by atoms with van der Waals surface area (Å²) in [6.07, 6.45) is 1.56. The minimum Gasteiger partial charge on any atom is -0.351 e. The fraction of sp³-hybridized carbons (Fsp3) is 0.391. The number of nitrogens with one attached hydrogen (secondary N) is 2. The number of imidazole rings is 1. The van der Waals surface area contributed by atoms with Crippen LogP contribution in [0, 0.1) is 11.8 Å². The molecule has 170 valence electrons. The van der Waals surface area contributed by atoms with Crippen molar-refractivity contribution < 1.29 is 4.79 Å². The van der Waals surface area contributed by atoms with E-state index in [1.54, 1.807) is 6.20 Å². The summed E-state index contributed by atoms with van der Waals surface area (Å²) in [6, 6.07) is 7.70. The van der Waals surface area contributed by atoms with E-state index in [0.29, 0.717) is 34.5 Å². The van der Waals surface area contributed by atoms with E-state index in [-0.39, 0.29) is 18.7 Å². The Labute approximate surface area is 189 Å². The lowest BCUT2D eigenvalue weighted by Crippen LogP contribution is -2.33. The molecule has 2 aliphatic heterocycles. The molecule has 0 spiro atoms. The summed E-state index contributed by atoms with van der Waals surface area (Å²) in [6.45, 7) is 4.56. The summed E-state index contributed by atoms with van der Waals surface area (Å²) in [5.74, 6) is 1.38. The predicted molar refractivity (Wildman–Crippen MR) is 127 cm³/mol. The molecular formula is C23H26N8O2. The van der Waals surface area contributed by atoms with Crippen LogP contribution in [0.25, 0.3) is 27.7 Å². The van der Waals surface area contributed by atoms with Gasteiger partial charge in [-0.3, -0.25) is 14.0 Å². The van der Waals surface area contributed by atoms with E-state index in [2.05, 4.69) is 32.1 Å². The zero-order valence-corrected chi connectivity index (χ0v) is 18.4. The van der Waals surface area contributed by atoms with Gasteiger partial charge in [0.1, 0.15) is 11.2 Å². The number of carbonyl (C=O) groups is 1. The Balaban J connectivity index is 1.55. The second-order valence-electron chi connectivity index (χ2n) is 9.13. The Kier molecular flexibility index (Phi) is 4.59. The van der Waals surface area contributed by atoms with E-state index in [0.717, 1.165) is 37.2 Å². The van der Waals surface area contributed by atoms with Gasteiger partial charge < -0.3 is 25.8 Å². The first-order valence-electron chi connectivity index (χ1n) is 11.3. The molecule has 33 heavy (non-hydrogen) atoms. The van der Waals surface area contributed by atoms with Crippen molar-refractivity contribution in [3.05, 3.63) is 46.2 Å². The topological polar surface area (TPSA) is 125 Å². The zero-order chi connectivity index (χ0) is 22.7. The molecule has 2 atom stereocenters. The summed E-state index contributed by atoms with van der Waals surface area (Å²) in [5, 5.41) is 3.04. The number of fused-ring (bicyclic) bond motifs is 6. The number of likely N-dealkylation sites (tertiary alicyclic amines) is 1. The van der Waals surface area contributed by atoms with Gasteiger partial charge in [-0.15, -0.1) is 0 Å². The Morgan fingerprint density at radius 2 is 1.97 bits per heavy atom. The highest BCUT2D eigenvalue weighted by atomic mass is 16.2. The molecule has 6 rings (SSSR count). The Bertz CT molecular complexity index is 1440. The molecule has 5 heterocycles. The van der Waals surface area contributed by atoms with E-state index in [9.17, 15) is 9.59 Å². The summed E-state index contributed by atoms with van der Waals surface area (Å²) >= 11 is 0. The van der Waals surface area contributed by atoms with Crippen LogP contribution >= 0.6 is 0 Å². The molecule has 4 N–H and O–H groups in total. The lowest BCUT2D eigenvalue weighted by molar-refractivity contribution is 0.0955. The summed E-state index contributed by atoms with van der Waals surface area (Å²) in [4.78, 5) is 43.6. The molecular weight excluding hydrogens is 420 g/mol. The number of hydrogen-bond donors (Lipinski definition) is 3. The lowest BCUT2D eigenvalue weighted by atomic mass is 10.0. The van der Waals surface area contributed by atoms with Gasteiger partial charge in [0.05, 0.1) is 16.4 Å². The van der Waals surface area contributed by atoms with Gasteiger partial charge in [-0.1, -0.05) is 12.1 Å². The number of carbonyl (C=O) groups excluding carboxylic acids is 1. The van der Waals surface area contributed by atoms with E-state index in [1.165, 1.54) is 0 Å². The van der Waals surface area contributed by atoms with E-state index < -0.39 is 11.3 Å². The fourth-order valence-electron chi connectivity index (χ4n) is 5.44. The molecule has 2 saturated heterocycles. The van der Waals surface area contributed by atoms with Gasteiger partial charge in [0.15, 0.2) is 5.65 Å². The van der Waals surface area contributed by atoms with Crippen molar-refractivity contribution >= 4 is 39.6 Å². The number of aromatic amines is 1. The summed E-state index contributed by atoms with van der Waals surface area (Å²) < 4.78 is 1.86. The van der Waals surface area contributed by atoms with E-state index in [1.807, 2.05) is 28.7 Å². The monoisotopic (exact) mass is 446 g/mol. The zero-order valence-electron chi connectivity index (χ0n) is 18.4. The average molecular weight is 447 g/mol. The lowest BCUT2D eigenvalue weighted by Gasteiger charge is -2.19. The number of rotatable bonds is 4. The van der Waals surface area contributed by atoms with Crippen LogP contribution < -0.4 is 21.4 Å². The van der Waals surface area contributed by atoms with Crippen molar-refractivity contribution in [2.75, 3.05) is 51.2 Å². The molecule has 1 amide bonds. The molecule has 4 aromatic rings. The average Bonchev–Trinajstić information content (AvgIpc) is 3.48. The molecule has 10 nitrogen and oxygen atoms in total. The molecule has 2 unspecified atom stereocenters. The first kappa shape index (κ1) is 20.1. The van der Waals surface area contributed by atoms with Crippen molar-refractivity contribution in [3.63, 3.8) is 0 Å². The van der Waals surface area contributed by atoms with Crippen molar-refractivity contribution in [1.29, 1.82) is 0 Å². The minimum absolute atomic E-state index is 0.0437. The smallest absolute Gasteiger partial charge is 0.259 e. The maximum absolute atomic E-state index is 13.4. The number of hydrogen-bond acceptors (Lipinski definition) is 7. The van der Waals surface area contributed by atoms with Crippen LogP contribution in [0.15, 0.2) is 35.3 Å². The third-order valence-corrected chi connectivity index (χ3v) is 6.91. The molecule has 0 bridgehead atoms. The molecule has 0 aliphatic carbocycles. The molecule has 2 fully saturated rings. The van der Waals surface area contributed by atoms with Gasteiger partial charge in [0, 0.05) is 45.5 Å². The van der Waals surface area contributed by atoms with Crippen LogP contribution in [0.3, 0.4) is 0 Å². The van der Waals surface area contributed by atoms with Crippen molar-refractivity contribution in [3.8, 4) is 0 Å². The molecule has 10 heteroatoms. The number of nitrogens with two attached hydrogens (primary N) is 1. The van der Waals surface area contributed by atoms with Gasteiger partial charge in [0.25, 0.3) is 5.91 Å². The highest BCUT2D eigenvalue weighted by Crippen LogP contribution is 2.32. The predicted octanol–water partition coefficient (Wildman–Crippen LogP) is 0.410. The largest absolute Gasteiger partial charge is 0.351 e. The normalized spacial score (nSPS) is 20.8. The molecule has 1 aromatic carbocycles. The Morgan fingerprint density at radius 1 is 1.21 bits per heavy atom. The first-order chi connectivity index (χ1) is 16.0. The Hall–Kier alpha value is -3.50. The van der Waals surface area contributed by atoms with E-state index >= 15 is 0 Å².